The van der Waals surface area contributed by atoms with E-state index in [1.54, 1.807) is 0 Å². The predicted molar refractivity (Wildman–Crippen MR) is 84.3 cm³/mol. The number of halogens is 2. The summed E-state index contributed by atoms with van der Waals surface area (Å²) < 4.78 is 0. The zero-order valence-electron chi connectivity index (χ0n) is 11.8. The van der Waals surface area contributed by atoms with Crippen LogP contribution in [0.2, 0.25) is 5.02 Å². The summed E-state index contributed by atoms with van der Waals surface area (Å²) in [4.78, 5) is 2.43. The molecule has 2 rings (SSSR count). The Bertz CT molecular complexity index is 413. The van der Waals surface area contributed by atoms with Gasteiger partial charge in [-0.1, -0.05) is 43.0 Å². The van der Waals surface area contributed by atoms with Crippen LogP contribution < -0.4 is 0 Å². The average Bonchev–Trinajstić information content (AvgIpc) is 2.42. The van der Waals surface area contributed by atoms with Gasteiger partial charge in [0.25, 0.3) is 0 Å². The van der Waals surface area contributed by atoms with Gasteiger partial charge in [-0.15, -0.1) is 11.6 Å². The van der Waals surface area contributed by atoms with E-state index < -0.39 is 0 Å². The number of hydrogen-bond acceptors (Lipinski definition) is 1. The third-order valence-electron chi connectivity index (χ3n) is 4.19. The first-order valence-electron chi connectivity index (χ1n) is 7.18. The number of aryl methyl sites for hydroxylation is 1. The van der Waals surface area contributed by atoms with E-state index >= 15 is 0 Å². The monoisotopic (exact) mass is 299 g/mol. The fourth-order valence-electron chi connectivity index (χ4n) is 2.89. The van der Waals surface area contributed by atoms with Gasteiger partial charge in [-0.3, -0.25) is 0 Å². The van der Waals surface area contributed by atoms with E-state index in [0.29, 0.717) is 6.04 Å². The molecule has 0 amide bonds. The topological polar surface area (TPSA) is 3.24 Å². The molecule has 0 N–H and O–H groups in total. The van der Waals surface area contributed by atoms with E-state index in [9.17, 15) is 0 Å². The quantitative estimate of drug-likeness (QED) is 0.691. The first-order chi connectivity index (χ1) is 9.08. The molecule has 1 fully saturated rings. The van der Waals surface area contributed by atoms with Crippen molar-refractivity contribution >= 4 is 23.2 Å². The van der Waals surface area contributed by atoms with E-state index in [1.165, 1.54) is 37.7 Å². The van der Waals surface area contributed by atoms with E-state index in [2.05, 4.69) is 18.0 Å². The van der Waals surface area contributed by atoms with Crippen molar-refractivity contribution in [1.82, 2.24) is 4.90 Å². The molecule has 1 aliphatic rings. The Morgan fingerprint density at radius 1 is 1.26 bits per heavy atom. The van der Waals surface area contributed by atoms with Gasteiger partial charge in [0.1, 0.15) is 0 Å². The van der Waals surface area contributed by atoms with Crippen LogP contribution in [0.4, 0.5) is 0 Å². The number of nitrogens with zero attached hydrogens (tertiary/aromatic N) is 1. The highest BCUT2D eigenvalue weighted by atomic mass is 35.5. The summed E-state index contributed by atoms with van der Waals surface area (Å²) in [7, 11) is 2.20. The van der Waals surface area contributed by atoms with Gasteiger partial charge in [-0.2, -0.15) is 0 Å². The molecule has 0 radical (unpaired) electrons. The predicted octanol–water partition coefficient (Wildman–Crippen LogP) is 5.19. The second-order valence-electron chi connectivity index (χ2n) is 5.71. The van der Waals surface area contributed by atoms with Gasteiger partial charge in [-0.25, -0.2) is 0 Å². The molecule has 3 heteroatoms. The van der Waals surface area contributed by atoms with Crippen molar-refractivity contribution in [3.63, 3.8) is 0 Å². The van der Waals surface area contributed by atoms with Crippen molar-refractivity contribution in [3.05, 3.63) is 34.3 Å². The third kappa shape index (κ3) is 4.11. The van der Waals surface area contributed by atoms with Gasteiger partial charge in [0, 0.05) is 17.6 Å². The molecule has 1 aromatic carbocycles. The fourth-order valence-corrected chi connectivity index (χ4v) is 3.36. The van der Waals surface area contributed by atoms with Crippen LogP contribution in [0.1, 0.15) is 48.6 Å². The Balaban J connectivity index is 1.95. The van der Waals surface area contributed by atoms with Crippen LogP contribution in [-0.4, -0.2) is 24.5 Å². The molecule has 0 bridgehead atoms. The zero-order valence-corrected chi connectivity index (χ0v) is 13.3. The molecule has 19 heavy (non-hydrogen) atoms. The maximum atomic E-state index is 6.56. The molecule has 0 spiro atoms. The Morgan fingerprint density at radius 3 is 2.58 bits per heavy atom. The van der Waals surface area contributed by atoms with E-state index in [0.717, 1.165) is 17.1 Å². The van der Waals surface area contributed by atoms with Crippen LogP contribution in [0.15, 0.2) is 18.2 Å². The lowest BCUT2D eigenvalue weighted by Gasteiger charge is -2.32. The molecule has 1 saturated carbocycles. The normalized spacial score (nSPS) is 18.8. The minimum absolute atomic E-state index is 0.0443. The van der Waals surface area contributed by atoms with Gasteiger partial charge in [-0.05, 0) is 44.0 Å². The van der Waals surface area contributed by atoms with Crippen molar-refractivity contribution < 1.29 is 0 Å². The Morgan fingerprint density at radius 2 is 1.95 bits per heavy atom. The van der Waals surface area contributed by atoms with Crippen LogP contribution >= 0.6 is 23.2 Å². The molecular formula is C16H23Cl2N. The zero-order chi connectivity index (χ0) is 13.8. The Hall–Kier alpha value is -0.240. The minimum atomic E-state index is 0.0443. The summed E-state index contributed by atoms with van der Waals surface area (Å²) in [6.45, 7) is 2.94. The Kier molecular flexibility index (Phi) is 5.56. The van der Waals surface area contributed by atoms with Gasteiger partial charge < -0.3 is 4.90 Å². The summed E-state index contributed by atoms with van der Waals surface area (Å²) in [6.07, 6.45) is 6.76. The molecule has 106 valence electrons. The summed E-state index contributed by atoms with van der Waals surface area (Å²) in [5.74, 6) is 0. The maximum absolute atomic E-state index is 6.56. The molecule has 1 aromatic rings. The number of alkyl halides is 1. The summed E-state index contributed by atoms with van der Waals surface area (Å²) >= 11 is 12.6. The molecule has 1 atom stereocenters. The van der Waals surface area contributed by atoms with Crippen molar-refractivity contribution in [2.24, 2.45) is 0 Å². The highest BCUT2D eigenvalue weighted by Crippen LogP contribution is 2.28. The molecule has 1 unspecified atom stereocenters. The smallest absolute Gasteiger partial charge is 0.0712 e. The number of hydrogen-bond donors (Lipinski definition) is 0. The van der Waals surface area contributed by atoms with E-state index in [-0.39, 0.29) is 5.38 Å². The molecule has 0 aromatic heterocycles. The molecule has 1 aliphatic carbocycles. The minimum Gasteiger partial charge on any atom is -0.302 e. The van der Waals surface area contributed by atoms with Gasteiger partial charge in [0.2, 0.25) is 0 Å². The number of likely N-dealkylation sites (N-methyl/N-ethyl adjacent to an activating group) is 1. The van der Waals surface area contributed by atoms with E-state index in [4.69, 9.17) is 23.2 Å². The van der Waals surface area contributed by atoms with Gasteiger partial charge in [0.15, 0.2) is 0 Å². The highest BCUT2D eigenvalue weighted by Gasteiger charge is 2.20. The summed E-state index contributed by atoms with van der Waals surface area (Å²) in [6, 6.07) is 6.81. The lowest BCUT2D eigenvalue weighted by molar-refractivity contribution is 0.192. The number of benzene rings is 1. The van der Waals surface area contributed by atoms with Crippen LogP contribution in [0, 0.1) is 6.92 Å². The summed E-state index contributed by atoms with van der Waals surface area (Å²) in [5.41, 5.74) is 2.27. The van der Waals surface area contributed by atoms with Crippen LogP contribution in [0.25, 0.3) is 0 Å². The molecular weight excluding hydrogens is 277 g/mol. The highest BCUT2D eigenvalue weighted by molar-refractivity contribution is 6.31. The first-order valence-corrected chi connectivity index (χ1v) is 7.99. The second-order valence-corrected chi connectivity index (χ2v) is 6.64. The van der Waals surface area contributed by atoms with Crippen LogP contribution in [-0.2, 0) is 0 Å². The first kappa shape index (κ1) is 15.2. The van der Waals surface area contributed by atoms with Crippen molar-refractivity contribution in [2.75, 3.05) is 13.6 Å². The maximum Gasteiger partial charge on any atom is 0.0712 e. The molecule has 0 aliphatic heterocycles. The number of rotatable bonds is 4. The molecule has 0 heterocycles. The van der Waals surface area contributed by atoms with Crippen molar-refractivity contribution in [1.29, 1.82) is 0 Å². The van der Waals surface area contributed by atoms with Crippen molar-refractivity contribution in [3.8, 4) is 0 Å². The largest absolute Gasteiger partial charge is 0.302 e. The average molecular weight is 300 g/mol. The van der Waals surface area contributed by atoms with Gasteiger partial charge in [0.05, 0.1) is 5.38 Å². The standard InChI is InChI=1S/C16H23Cl2N/c1-12-10-13(8-9-15(12)17)16(18)11-19(2)14-6-4-3-5-7-14/h8-10,14,16H,3-7,11H2,1-2H3. The van der Waals surface area contributed by atoms with Crippen molar-refractivity contribution in [2.45, 2.75) is 50.4 Å². The van der Waals surface area contributed by atoms with Crippen LogP contribution in [0.3, 0.4) is 0 Å². The molecule has 0 saturated heterocycles. The van der Waals surface area contributed by atoms with Gasteiger partial charge >= 0.3 is 0 Å². The molecule has 1 nitrogen and oxygen atoms in total. The fraction of sp³-hybridized carbons (Fsp3) is 0.625. The lowest BCUT2D eigenvalue weighted by atomic mass is 9.94. The van der Waals surface area contributed by atoms with Crippen LogP contribution in [0.5, 0.6) is 0 Å². The van der Waals surface area contributed by atoms with E-state index in [1.807, 2.05) is 19.1 Å². The second kappa shape index (κ2) is 6.97. The third-order valence-corrected chi connectivity index (χ3v) is 5.00. The Labute approximate surface area is 126 Å². The SMILES string of the molecule is Cc1cc(C(Cl)CN(C)C2CCCCC2)ccc1Cl. The summed E-state index contributed by atoms with van der Waals surface area (Å²) in [5, 5.41) is 0.858. The lowest BCUT2D eigenvalue weighted by Crippen LogP contribution is -2.35.